The Morgan fingerprint density at radius 2 is 1.86 bits per heavy atom. The molecule has 0 radical (unpaired) electrons. The molecule has 21 heavy (non-hydrogen) atoms. The van der Waals surface area contributed by atoms with Crippen LogP contribution in [-0.2, 0) is 11.2 Å². The van der Waals surface area contributed by atoms with Crippen molar-refractivity contribution in [3.63, 3.8) is 0 Å². The molecule has 1 N–H and O–H groups in total. The zero-order valence-corrected chi connectivity index (χ0v) is 12.8. The topological polar surface area (TPSA) is 41.5 Å². The molecule has 0 fully saturated rings. The maximum atomic E-state index is 11.8. The van der Waals surface area contributed by atoms with Crippen LogP contribution in [0.5, 0.6) is 0 Å². The van der Waals surface area contributed by atoms with E-state index in [1.54, 1.807) is 18.3 Å². The Bertz CT molecular complexity index is 663. The van der Waals surface area contributed by atoms with Gasteiger partial charge in [0.15, 0.2) is 0 Å². The molecule has 0 aliphatic rings. The minimum Gasteiger partial charge on any atom is -0.273 e. The molecule has 0 saturated heterocycles. The van der Waals surface area contributed by atoms with Crippen molar-refractivity contribution < 1.29 is 4.79 Å². The molecule has 0 unspecified atom stereocenters. The lowest BCUT2D eigenvalue weighted by atomic mass is 10.0. The van der Waals surface area contributed by atoms with Gasteiger partial charge in [0.2, 0.25) is 5.91 Å². The van der Waals surface area contributed by atoms with Crippen LogP contribution < -0.4 is 5.43 Å². The van der Waals surface area contributed by atoms with Gasteiger partial charge in [0.05, 0.1) is 12.6 Å². The summed E-state index contributed by atoms with van der Waals surface area (Å²) in [4.78, 5) is 11.8. The molecule has 2 aromatic carbocycles. The van der Waals surface area contributed by atoms with Gasteiger partial charge in [0.1, 0.15) is 0 Å². The molecular weight excluding hydrogens is 284 g/mol. The summed E-state index contributed by atoms with van der Waals surface area (Å²) < 4.78 is 0. The highest BCUT2D eigenvalue weighted by Gasteiger charge is 2.03. The van der Waals surface area contributed by atoms with Crippen molar-refractivity contribution in [2.75, 3.05) is 0 Å². The average Bonchev–Trinajstić information content (AvgIpc) is 2.45. The number of rotatable bonds is 4. The number of hydrogen-bond donors (Lipinski definition) is 1. The molecule has 0 aliphatic carbocycles. The molecule has 0 heterocycles. The first kappa shape index (κ1) is 15.3. The van der Waals surface area contributed by atoms with Crippen molar-refractivity contribution in [3.8, 4) is 0 Å². The number of halogens is 1. The summed E-state index contributed by atoms with van der Waals surface area (Å²) >= 11 is 5.80. The quantitative estimate of drug-likeness (QED) is 0.679. The number of benzene rings is 2. The molecule has 3 nitrogen and oxygen atoms in total. The lowest BCUT2D eigenvalue weighted by Crippen LogP contribution is -2.19. The van der Waals surface area contributed by atoms with Crippen LogP contribution in [-0.4, -0.2) is 12.1 Å². The van der Waals surface area contributed by atoms with Crippen LogP contribution in [0.2, 0.25) is 5.02 Å². The fourth-order valence-electron chi connectivity index (χ4n) is 1.87. The zero-order valence-electron chi connectivity index (χ0n) is 12.1. The second-order valence-corrected chi connectivity index (χ2v) is 5.38. The highest BCUT2D eigenvalue weighted by Crippen LogP contribution is 2.10. The first-order chi connectivity index (χ1) is 10.0. The highest BCUT2D eigenvalue weighted by atomic mass is 35.5. The van der Waals surface area contributed by atoms with E-state index < -0.39 is 0 Å². The SMILES string of the molecule is Cc1ccc(CC(=O)N/N=C\c2ccc(Cl)cc2)cc1C. The smallest absolute Gasteiger partial charge is 0.244 e. The van der Waals surface area contributed by atoms with E-state index in [2.05, 4.69) is 17.5 Å². The third-order valence-corrected chi connectivity index (χ3v) is 3.46. The summed E-state index contributed by atoms with van der Waals surface area (Å²) in [7, 11) is 0. The summed E-state index contributed by atoms with van der Waals surface area (Å²) in [6.45, 7) is 4.09. The van der Waals surface area contributed by atoms with Crippen molar-refractivity contribution in [1.82, 2.24) is 5.43 Å². The van der Waals surface area contributed by atoms with Gasteiger partial charge in [-0.15, -0.1) is 0 Å². The number of hydrogen-bond acceptors (Lipinski definition) is 2. The Morgan fingerprint density at radius 1 is 1.14 bits per heavy atom. The Kier molecular flexibility index (Phi) is 5.12. The van der Waals surface area contributed by atoms with Gasteiger partial charge in [0, 0.05) is 5.02 Å². The summed E-state index contributed by atoms with van der Waals surface area (Å²) in [6, 6.07) is 13.2. The first-order valence-electron chi connectivity index (χ1n) is 6.68. The first-order valence-corrected chi connectivity index (χ1v) is 7.06. The number of aryl methyl sites for hydroxylation is 2. The van der Waals surface area contributed by atoms with Gasteiger partial charge in [-0.25, -0.2) is 5.43 Å². The maximum absolute atomic E-state index is 11.8. The van der Waals surface area contributed by atoms with Crippen molar-refractivity contribution >= 4 is 23.7 Å². The van der Waals surface area contributed by atoms with E-state index in [9.17, 15) is 4.79 Å². The monoisotopic (exact) mass is 300 g/mol. The second-order valence-electron chi connectivity index (χ2n) is 4.94. The Morgan fingerprint density at radius 3 is 2.52 bits per heavy atom. The Balaban J connectivity index is 1.89. The van der Waals surface area contributed by atoms with Crippen molar-refractivity contribution in [2.24, 2.45) is 5.10 Å². The van der Waals surface area contributed by atoms with E-state index in [0.717, 1.165) is 11.1 Å². The molecule has 108 valence electrons. The van der Waals surface area contributed by atoms with Gasteiger partial charge >= 0.3 is 0 Å². The van der Waals surface area contributed by atoms with Crippen LogP contribution in [0.1, 0.15) is 22.3 Å². The number of hydrazone groups is 1. The Hall–Kier alpha value is -2.13. The number of nitrogens with zero attached hydrogens (tertiary/aromatic N) is 1. The summed E-state index contributed by atoms with van der Waals surface area (Å²) in [5.41, 5.74) is 6.80. The van der Waals surface area contributed by atoms with E-state index in [1.165, 1.54) is 11.1 Å². The van der Waals surface area contributed by atoms with Crippen LogP contribution in [0.3, 0.4) is 0 Å². The third-order valence-electron chi connectivity index (χ3n) is 3.21. The fourth-order valence-corrected chi connectivity index (χ4v) is 1.99. The molecule has 0 saturated carbocycles. The molecule has 0 bridgehead atoms. The highest BCUT2D eigenvalue weighted by molar-refractivity contribution is 6.30. The fraction of sp³-hybridized carbons (Fsp3) is 0.176. The minimum absolute atomic E-state index is 0.136. The molecule has 0 aromatic heterocycles. The van der Waals surface area contributed by atoms with E-state index in [4.69, 9.17) is 11.6 Å². The maximum Gasteiger partial charge on any atom is 0.244 e. The molecule has 0 atom stereocenters. The summed E-state index contributed by atoms with van der Waals surface area (Å²) in [5, 5.41) is 4.61. The summed E-state index contributed by atoms with van der Waals surface area (Å²) in [5.74, 6) is -0.136. The normalized spacial score (nSPS) is 10.8. The van der Waals surface area contributed by atoms with Crippen LogP contribution in [0.25, 0.3) is 0 Å². The number of amides is 1. The summed E-state index contributed by atoms with van der Waals surface area (Å²) in [6.07, 6.45) is 1.91. The largest absolute Gasteiger partial charge is 0.273 e. The standard InChI is InChI=1S/C17H17ClN2O/c1-12-3-4-15(9-13(12)2)10-17(21)20-19-11-14-5-7-16(18)8-6-14/h3-9,11H,10H2,1-2H3,(H,20,21)/b19-11-. The van der Waals surface area contributed by atoms with E-state index in [-0.39, 0.29) is 5.91 Å². The van der Waals surface area contributed by atoms with Gasteiger partial charge in [-0.2, -0.15) is 5.10 Å². The predicted octanol–water partition coefficient (Wildman–Crippen LogP) is 3.65. The lowest BCUT2D eigenvalue weighted by molar-refractivity contribution is -0.120. The van der Waals surface area contributed by atoms with E-state index in [1.807, 2.05) is 37.3 Å². The van der Waals surface area contributed by atoms with Gasteiger partial charge < -0.3 is 0 Å². The predicted molar refractivity (Wildman–Crippen MR) is 86.8 cm³/mol. The van der Waals surface area contributed by atoms with E-state index in [0.29, 0.717) is 11.4 Å². The van der Waals surface area contributed by atoms with E-state index >= 15 is 0 Å². The minimum atomic E-state index is -0.136. The second kappa shape index (κ2) is 7.04. The number of carbonyl (C=O) groups excluding carboxylic acids is 1. The van der Waals surface area contributed by atoms with Crippen molar-refractivity contribution in [3.05, 3.63) is 69.7 Å². The average molecular weight is 301 g/mol. The van der Waals surface area contributed by atoms with Crippen LogP contribution >= 0.6 is 11.6 Å². The molecule has 0 aliphatic heterocycles. The van der Waals surface area contributed by atoms with Crippen molar-refractivity contribution in [2.45, 2.75) is 20.3 Å². The molecular formula is C17H17ClN2O. The van der Waals surface area contributed by atoms with Gasteiger partial charge in [-0.1, -0.05) is 41.9 Å². The molecule has 1 amide bonds. The molecule has 4 heteroatoms. The third kappa shape index (κ3) is 4.72. The molecule has 2 aromatic rings. The van der Waals surface area contributed by atoms with Gasteiger partial charge in [-0.05, 0) is 48.2 Å². The molecule has 2 rings (SSSR count). The number of carbonyl (C=O) groups is 1. The Labute approximate surface area is 129 Å². The number of nitrogens with one attached hydrogen (secondary N) is 1. The van der Waals surface area contributed by atoms with Gasteiger partial charge in [-0.3, -0.25) is 4.79 Å². The van der Waals surface area contributed by atoms with Crippen molar-refractivity contribution in [1.29, 1.82) is 0 Å². The molecule has 0 spiro atoms. The van der Waals surface area contributed by atoms with Crippen LogP contribution in [0, 0.1) is 13.8 Å². The lowest BCUT2D eigenvalue weighted by Gasteiger charge is -2.04. The van der Waals surface area contributed by atoms with Gasteiger partial charge in [0.25, 0.3) is 0 Å². The zero-order chi connectivity index (χ0) is 15.2. The van der Waals surface area contributed by atoms with Crippen LogP contribution in [0.4, 0.5) is 0 Å². The van der Waals surface area contributed by atoms with Crippen LogP contribution in [0.15, 0.2) is 47.6 Å².